The van der Waals surface area contributed by atoms with E-state index in [-0.39, 0.29) is 36.7 Å². The summed E-state index contributed by atoms with van der Waals surface area (Å²) in [5.74, 6) is 0.125. The highest BCUT2D eigenvalue weighted by Gasteiger charge is 2.12. The lowest BCUT2D eigenvalue weighted by Crippen LogP contribution is -2.33. The first kappa shape index (κ1) is 22.5. The van der Waals surface area contributed by atoms with Gasteiger partial charge in [0.1, 0.15) is 0 Å². The Balaban J connectivity index is 0.00000264. The number of aliphatic hydroxyl groups excluding tert-OH is 1. The number of benzene rings is 1. The molecule has 4 N–H and O–H groups in total. The fourth-order valence-corrected chi connectivity index (χ4v) is 2.27. The van der Waals surface area contributed by atoms with E-state index in [4.69, 9.17) is 5.73 Å². The molecule has 0 saturated heterocycles. The fourth-order valence-electron chi connectivity index (χ4n) is 2.27. The lowest BCUT2D eigenvalue weighted by Gasteiger charge is -2.18. The number of pyridine rings is 1. The van der Waals surface area contributed by atoms with Gasteiger partial charge < -0.3 is 15.6 Å². The maximum Gasteiger partial charge on any atom is 0.275 e. The molecular formula is C17H25Cl2N3O2. The second kappa shape index (κ2) is 11.1. The van der Waals surface area contributed by atoms with Crippen molar-refractivity contribution in [3.63, 3.8) is 0 Å². The average Bonchev–Trinajstić information content (AvgIpc) is 2.54. The Morgan fingerprint density at radius 1 is 1.17 bits per heavy atom. The van der Waals surface area contributed by atoms with E-state index < -0.39 is 6.10 Å². The molecule has 1 aromatic carbocycles. The number of hydrogen-bond donors (Lipinski definition) is 3. The summed E-state index contributed by atoms with van der Waals surface area (Å²) < 4.78 is 0.567. The van der Waals surface area contributed by atoms with Crippen LogP contribution >= 0.6 is 24.8 Å². The minimum Gasteiger partial charge on any atom is -0.711 e. The predicted octanol–water partition coefficient (Wildman–Crippen LogP) is 2.39. The van der Waals surface area contributed by atoms with Gasteiger partial charge in [0, 0.05) is 24.2 Å². The topological polar surface area (TPSA) is 85.2 Å². The quantitative estimate of drug-likeness (QED) is 0.513. The molecule has 2 rings (SSSR count). The van der Waals surface area contributed by atoms with Crippen molar-refractivity contribution in [3.05, 3.63) is 65.0 Å². The number of nitrogens with zero attached hydrogens (tertiary/aromatic N) is 1. The first-order valence-electron chi connectivity index (χ1n) is 7.50. The van der Waals surface area contributed by atoms with Gasteiger partial charge in [-0.05, 0) is 31.4 Å². The van der Waals surface area contributed by atoms with Crippen molar-refractivity contribution in [3.8, 4) is 0 Å². The summed E-state index contributed by atoms with van der Waals surface area (Å²) in [6, 6.07) is 13.8. The van der Waals surface area contributed by atoms with Gasteiger partial charge in [0.25, 0.3) is 5.82 Å². The SMILES string of the molecule is CC(CCc1ccccc1)NCC(O)c1ccc(N)[n+]([O-])c1.Cl.Cl. The summed E-state index contributed by atoms with van der Waals surface area (Å²) in [4.78, 5) is 0. The molecule has 0 amide bonds. The molecule has 2 aromatic rings. The molecule has 1 heterocycles. The van der Waals surface area contributed by atoms with Crippen molar-refractivity contribution < 1.29 is 9.84 Å². The molecule has 7 heteroatoms. The zero-order valence-corrected chi connectivity index (χ0v) is 15.2. The zero-order valence-electron chi connectivity index (χ0n) is 13.6. The summed E-state index contributed by atoms with van der Waals surface area (Å²) in [6.07, 6.45) is 2.57. The predicted molar refractivity (Wildman–Crippen MR) is 101 cm³/mol. The fraction of sp³-hybridized carbons (Fsp3) is 0.353. The van der Waals surface area contributed by atoms with E-state index >= 15 is 0 Å². The molecule has 0 spiro atoms. The van der Waals surface area contributed by atoms with Crippen LogP contribution in [0.1, 0.15) is 30.6 Å². The van der Waals surface area contributed by atoms with E-state index in [0.29, 0.717) is 16.8 Å². The van der Waals surface area contributed by atoms with Crippen molar-refractivity contribution in [1.82, 2.24) is 5.32 Å². The van der Waals surface area contributed by atoms with Crippen molar-refractivity contribution in [2.24, 2.45) is 0 Å². The number of aliphatic hydroxyl groups is 1. The highest BCUT2D eigenvalue weighted by atomic mass is 35.5. The minimum absolute atomic E-state index is 0. The van der Waals surface area contributed by atoms with E-state index in [1.165, 1.54) is 17.8 Å². The Morgan fingerprint density at radius 3 is 2.46 bits per heavy atom. The maximum atomic E-state index is 11.4. The first-order valence-corrected chi connectivity index (χ1v) is 7.50. The van der Waals surface area contributed by atoms with E-state index in [1.807, 2.05) is 18.2 Å². The number of aryl methyl sites for hydroxylation is 1. The van der Waals surface area contributed by atoms with Crippen molar-refractivity contribution in [2.45, 2.75) is 31.9 Å². The van der Waals surface area contributed by atoms with Gasteiger partial charge in [0.05, 0.1) is 12.3 Å². The number of aromatic nitrogens is 1. The van der Waals surface area contributed by atoms with Gasteiger partial charge in [0.15, 0.2) is 0 Å². The number of nitrogen functional groups attached to an aromatic ring is 1. The van der Waals surface area contributed by atoms with Gasteiger partial charge in [-0.25, -0.2) is 4.73 Å². The van der Waals surface area contributed by atoms with E-state index in [0.717, 1.165) is 12.8 Å². The summed E-state index contributed by atoms with van der Waals surface area (Å²) in [5, 5.41) is 24.8. The average molecular weight is 374 g/mol. The van der Waals surface area contributed by atoms with Gasteiger partial charge in [-0.15, -0.1) is 24.8 Å². The van der Waals surface area contributed by atoms with E-state index in [1.54, 1.807) is 6.07 Å². The van der Waals surface area contributed by atoms with E-state index in [9.17, 15) is 10.3 Å². The Kier molecular flexibility index (Phi) is 10.4. The second-order valence-electron chi connectivity index (χ2n) is 5.56. The number of anilines is 1. The van der Waals surface area contributed by atoms with Crippen molar-refractivity contribution in [1.29, 1.82) is 0 Å². The largest absolute Gasteiger partial charge is 0.711 e. The molecule has 134 valence electrons. The molecule has 5 nitrogen and oxygen atoms in total. The summed E-state index contributed by atoms with van der Waals surface area (Å²) in [6.45, 7) is 2.49. The van der Waals surface area contributed by atoms with Gasteiger partial charge in [-0.1, -0.05) is 30.3 Å². The third-order valence-electron chi connectivity index (χ3n) is 3.72. The number of nitrogens with two attached hydrogens (primary N) is 1. The molecule has 0 aliphatic heterocycles. The molecule has 0 saturated carbocycles. The van der Waals surface area contributed by atoms with Gasteiger partial charge in [-0.2, -0.15) is 0 Å². The standard InChI is InChI=1S/C17H23N3O2.2ClH/c1-13(7-8-14-5-3-2-4-6-14)19-11-16(21)15-9-10-17(18)20(22)12-15;;/h2-6,9-10,12-13,16,19,21H,7-8,11,18H2,1H3;2*1H. The van der Waals surface area contributed by atoms with Gasteiger partial charge in [0.2, 0.25) is 0 Å². The molecule has 0 aliphatic carbocycles. The van der Waals surface area contributed by atoms with Crippen molar-refractivity contribution in [2.75, 3.05) is 12.3 Å². The van der Waals surface area contributed by atoms with Crippen LogP contribution in [-0.2, 0) is 6.42 Å². The molecule has 2 unspecified atom stereocenters. The van der Waals surface area contributed by atoms with Crippen LogP contribution in [0.3, 0.4) is 0 Å². The monoisotopic (exact) mass is 373 g/mol. The molecule has 1 aromatic heterocycles. The zero-order chi connectivity index (χ0) is 15.9. The highest BCUT2D eigenvalue weighted by molar-refractivity contribution is 5.85. The number of rotatable bonds is 7. The second-order valence-corrected chi connectivity index (χ2v) is 5.56. The van der Waals surface area contributed by atoms with Crippen LogP contribution in [-0.4, -0.2) is 17.7 Å². The third-order valence-corrected chi connectivity index (χ3v) is 3.72. The van der Waals surface area contributed by atoms with Crippen LogP contribution in [0.15, 0.2) is 48.7 Å². The maximum absolute atomic E-state index is 11.4. The molecular weight excluding hydrogens is 349 g/mol. The van der Waals surface area contributed by atoms with Crippen LogP contribution in [0.25, 0.3) is 0 Å². The van der Waals surface area contributed by atoms with Crippen molar-refractivity contribution >= 4 is 30.6 Å². The minimum atomic E-state index is -0.722. The highest BCUT2D eigenvalue weighted by Crippen LogP contribution is 2.11. The summed E-state index contributed by atoms with van der Waals surface area (Å²) >= 11 is 0. The summed E-state index contributed by atoms with van der Waals surface area (Å²) in [7, 11) is 0. The van der Waals surface area contributed by atoms with Crippen LogP contribution in [0, 0.1) is 5.21 Å². The van der Waals surface area contributed by atoms with E-state index in [2.05, 4.69) is 24.4 Å². The molecule has 0 bridgehead atoms. The molecule has 2 atom stereocenters. The Morgan fingerprint density at radius 2 is 1.83 bits per heavy atom. The Bertz CT molecular complexity index is 600. The number of hydrogen-bond acceptors (Lipinski definition) is 4. The first-order chi connectivity index (χ1) is 10.6. The van der Waals surface area contributed by atoms with Gasteiger partial charge in [-0.3, -0.25) is 5.73 Å². The molecule has 0 fully saturated rings. The van der Waals surface area contributed by atoms with Crippen LogP contribution in [0.5, 0.6) is 0 Å². The lowest BCUT2D eigenvalue weighted by molar-refractivity contribution is -0.590. The number of halogens is 2. The number of nitrogens with one attached hydrogen (secondary N) is 1. The molecule has 0 radical (unpaired) electrons. The van der Waals surface area contributed by atoms with Crippen LogP contribution < -0.4 is 15.8 Å². The Hall–Kier alpha value is -1.53. The van der Waals surface area contributed by atoms with Gasteiger partial charge >= 0.3 is 0 Å². The molecule has 24 heavy (non-hydrogen) atoms. The lowest BCUT2D eigenvalue weighted by atomic mass is 10.1. The third kappa shape index (κ3) is 6.93. The summed E-state index contributed by atoms with van der Waals surface area (Å²) in [5.41, 5.74) is 7.33. The van der Waals surface area contributed by atoms with Crippen LogP contribution in [0.4, 0.5) is 5.82 Å². The van der Waals surface area contributed by atoms with Crippen LogP contribution in [0.2, 0.25) is 0 Å². The molecule has 0 aliphatic rings. The smallest absolute Gasteiger partial charge is 0.275 e. The normalized spacial score (nSPS) is 12.6. The Labute approximate surface area is 155 Å².